The molecule has 0 aromatic heterocycles. The summed E-state index contributed by atoms with van der Waals surface area (Å²) < 4.78 is 23.6. The van der Waals surface area contributed by atoms with Gasteiger partial charge in [-0.2, -0.15) is 0 Å². The summed E-state index contributed by atoms with van der Waals surface area (Å²) in [5.74, 6) is -1.59. The summed E-state index contributed by atoms with van der Waals surface area (Å²) in [6.45, 7) is 7.14. The normalized spacial score (nSPS) is 38.6. The summed E-state index contributed by atoms with van der Waals surface area (Å²) in [5, 5.41) is 25.3. The molecule has 0 amide bonds. The van der Waals surface area contributed by atoms with Crippen LogP contribution in [0.1, 0.15) is 46.5 Å². The molecule has 2 saturated heterocycles. The molecular formula is C25H38O10. The third-order valence-corrected chi connectivity index (χ3v) is 7.96. The first-order valence-corrected chi connectivity index (χ1v) is 12.0. The first-order valence-electron chi connectivity index (χ1n) is 12.0. The van der Waals surface area contributed by atoms with Crippen LogP contribution in [0.2, 0.25) is 0 Å². The van der Waals surface area contributed by atoms with E-state index in [2.05, 4.69) is 0 Å². The lowest BCUT2D eigenvalue weighted by atomic mass is 9.50. The highest BCUT2D eigenvalue weighted by molar-refractivity contribution is 5.84. The van der Waals surface area contributed by atoms with E-state index in [4.69, 9.17) is 29.2 Å². The van der Waals surface area contributed by atoms with Crippen molar-refractivity contribution in [3.05, 3.63) is 24.3 Å². The monoisotopic (exact) mass is 498 g/mol. The molecule has 1 spiro atoms. The van der Waals surface area contributed by atoms with E-state index in [9.17, 15) is 19.5 Å². The maximum absolute atomic E-state index is 12.5. The van der Waals surface area contributed by atoms with Crippen LogP contribution in [0.3, 0.4) is 0 Å². The number of carbonyl (C=O) groups excluding carboxylic acids is 2. The number of allylic oxidation sites excluding steroid dienone is 2. The van der Waals surface area contributed by atoms with Gasteiger partial charge in [0.15, 0.2) is 0 Å². The first-order chi connectivity index (χ1) is 16.8. The van der Waals surface area contributed by atoms with Gasteiger partial charge in [0.1, 0.15) is 11.7 Å². The molecule has 10 nitrogen and oxygen atoms in total. The van der Waals surface area contributed by atoms with Gasteiger partial charge in [0, 0.05) is 43.1 Å². The lowest BCUT2D eigenvalue weighted by Crippen LogP contribution is -2.67. The molecule has 35 heavy (non-hydrogen) atoms. The molecule has 0 radical (unpaired) electrons. The maximum Gasteiger partial charge on any atom is 0.331 e. The van der Waals surface area contributed by atoms with Crippen molar-refractivity contribution in [2.75, 3.05) is 26.9 Å². The average Bonchev–Trinajstić information content (AvgIpc) is 3.65. The van der Waals surface area contributed by atoms with Gasteiger partial charge in [0.05, 0.1) is 25.4 Å². The Bertz CT molecular complexity index is 804. The molecule has 7 atom stereocenters. The number of hydrogen-bond donors (Lipinski definition) is 3. The number of aliphatic hydroxyl groups is 2. The minimum atomic E-state index is -1.11. The molecule has 0 aromatic carbocycles. The molecule has 4 rings (SSSR count). The van der Waals surface area contributed by atoms with E-state index in [0.29, 0.717) is 32.3 Å². The van der Waals surface area contributed by atoms with Crippen molar-refractivity contribution < 1.29 is 48.7 Å². The predicted octanol–water partition coefficient (Wildman–Crippen LogP) is 1.63. The molecule has 10 heteroatoms. The Morgan fingerprint density at radius 1 is 1.11 bits per heavy atom. The van der Waals surface area contributed by atoms with Crippen LogP contribution in [-0.2, 0) is 33.3 Å². The number of hydrogen-bond acceptors (Lipinski definition) is 9. The first kappa shape index (κ1) is 29.0. The molecule has 0 aromatic rings. The molecule has 2 aliphatic carbocycles. The number of carboxylic acid groups (broad SMARTS) is 1. The molecule has 2 aliphatic heterocycles. The third-order valence-electron chi connectivity index (χ3n) is 7.96. The van der Waals surface area contributed by atoms with Gasteiger partial charge in [-0.25, -0.2) is 9.59 Å². The van der Waals surface area contributed by atoms with Crippen LogP contribution in [0.4, 0.5) is 0 Å². The Kier molecular flexibility index (Phi) is 10.0. The topological polar surface area (TPSA) is 152 Å². The van der Waals surface area contributed by atoms with Gasteiger partial charge in [0.2, 0.25) is 0 Å². The summed E-state index contributed by atoms with van der Waals surface area (Å²) >= 11 is 0. The van der Waals surface area contributed by atoms with Crippen molar-refractivity contribution >= 4 is 18.4 Å². The number of aliphatic carboxylic acids is 1. The van der Waals surface area contributed by atoms with Gasteiger partial charge in [-0.1, -0.05) is 32.9 Å². The molecule has 2 heterocycles. The van der Waals surface area contributed by atoms with Crippen LogP contribution in [-0.4, -0.2) is 84.6 Å². The van der Waals surface area contributed by atoms with Crippen molar-refractivity contribution in [3.8, 4) is 0 Å². The molecule has 7 unspecified atom stereocenters. The second-order valence-corrected chi connectivity index (χ2v) is 9.10. The largest absolute Gasteiger partial charge is 0.478 e. The van der Waals surface area contributed by atoms with Crippen LogP contribution >= 0.6 is 0 Å². The van der Waals surface area contributed by atoms with Crippen molar-refractivity contribution in [1.29, 1.82) is 0 Å². The highest BCUT2D eigenvalue weighted by Crippen LogP contribution is 2.72. The van der Waals surface area contributed by atoms with Crippen molar-refractivity contribution in [2.45, 2.75) is 70.4 Å². The Hall–Kier alpha value is -2.27. The van der Waals surface area contributed by atoms with Crippen molar-refractivity contribution in [1.82, 2.24) is 0 Å². The average molecular weight is 499 g/mol. The molecule has 2 saturated carbocycles. The highest BCUT2D eigenvalue weighted by Gasteiger charge is 2.83. The number of epoxide rings is 1. The van der Waals surface area contributed by atoms with Gasteiger partial charge in [0.25, 0.3) is 6.47 Å². The van der Waals surface area contributed by atoms with Crippen LogP contribution in [0.15, 0.2) is 24.3 Å². The van der Waals surface area contributed by atoms with Crippen LogP contribution < -0.4 is 0 Å². The summed E-state index contributed by atoms with van der Waals surface area (Å²) in [4.78, 5) is 34.1. The predicted molar refractivity (Wildman–Crippen MR) is 124 cm³/mol. The maximum atomic E-state index is 12.5. The summed E-state index contributed by atoms with van der Waals surface area (Å²) in [5.41, 5.74) is -1.85. The van der Waals surface area contributed by atoms with Gasteiger partial charge in [-0.15, -0.1) is 0 Å². The van der Waals surface area contributed by atoms with Crippen LogP contribution in [0, 0.1) is 16.7 Å². The summed E-state index contributed by atoms with van der Waals surface area (Å²) in [7, 11) is 1.00. The number of esters is 1. The molecule has 4 fully saturated rings. The van der Waals surface area contributed by atoms with Gasteiger partial charge < -0.3 is 34.3 Å². The zero-order chi connectivity index (χ0) is 26.3. The van der Waals surface area contributed by atoms with E-state index in [-0.39, 0.29) is 31.3 Å². The zero-order valence-electron chi connectivity index (χ0n) is 20.8. The lowest BCUT2D eigenvalue weighted by Gasteiger charge is -2.60. The Morgan fingerprint density at radius 3 is 2.34 bits per heavy atom. The minimum Gasteiger partial charge on any atom is -0.478 e. The van der Waals surface area contributed by atoms with E-state index in [1.165, 1.54) is 18.2 Å². The van der Waals surface area contributed by atoms with Gasteiger partial charge in [-0.3, -0.25) is 4.79 Å². The molecular weight excluding hydrogens is 460 g/mol. The number of ether oxygens (including phenoxy) is 4. The number of fused-ring (bicyclic) bond motifs is 2. The number of rotatable bonds is 8. The zero-order valence-corrected chi connectivity index (χ0v) is 20.8. The molecule has 3 N–H and O–H groups in total. The Balaban J connectivity index is 0.00000103. The fourth-order valence-electron chi connectivity index (χ4n) is 6.23. The second kappa shape index (κ2) is 12.1. The second-order valence-electron chi connectivity index (χ2n) is 9.10. The minimum absolute atomic E-state index is 0.0700. The summed E-state index contributed by atoms with van der Waals surface area (Å²) in [6, 6.07) is 0. The standard InChI is InChI=1S/C22H28O9.C2H6.CH4O/c1-20-15(31-19(27)5-3-2-4-18(25)26)9-17(22(20)12-29-22)30-16-8-14(10-23)6-7-21(16,20)11-28-13-24;2*1-2/h2-5,13-17,23H,6-12H2,1H3,(H,25,26);1-2H3;2H,1H3/b4-2-,5-3-;;. The van der Waals surface area contributed by atoms with E-state index in [1.807, 2.05) is 20.8 Å². The van der Waals surface area contributed by atoms with Crippen LogP contribution in [0.25, 0.3) is 0 Å². The van der Waals surface area contributed by atoms with E-state index in [0.717, 1.165) is 19.6 Å². The molecule has 198 valence electrons. The Labute approximate surface area is 205 Å². The fraction of sp³-hybridized carbons (Fsp3) is 0.720. The molecule has 4 aliphatic rings. The smallest absolute Gasteiger partial charge is 0.331 e. The number of carboxylic acids is 1. The molecule has 2 bridgehead atoms. The summed E-state index contributed by atoms with van der Waals surface area (Å²) in [6.07, 6.45) is 6.15. The van der Waals surface area contributed by atoms with Gasteiger partial charge in [-0.05, 0) is 25.2 Å². The lowest BCUT2D eigenvalue weighted by molar-refractivity contribution is -0.256. The van der Waals surface area contributed by atoms with Crippen molar-refractivity contribution in [3.63, 3.8) is 0 Å². The number of aliphatic hydroxyl groups excluding tert-OH is 2. The third kappa shape index (κ3) is 5.02. The Morgan fingerprint density at radius 2 is 1.77 bits per heavy atom. The quantitative estimate of drug-likeness (QED) is 0.148. The number of carbonyl (C=O) groups is 3. The van der Waals surface area contributed by atoms with E-state index < -0.39 is 34.5 Å². The SMILES string of the molecule is CC.CC12C(OC(=O)/C=C\C=C/C(=O)O)CC(OC3CC(CO)CCC31COC=O)C21CO1.CO. The van der Waals surface area contributed by atoms with Gasteiger partial charge >= 0.3 is 11.9 Å². The van der Waals surface area contributed by atoms with Crippen LogP contribution in [0.5, 0.6) is 0 Å². The van der Waals surface area contributed by atoms with E-state index >= 15 is 0 Å². The fourth-order valence-corrected chi connectivity index (χ4v) is 6.23. The van der Waals surface area contributed by atoms with Crippen molar-refractivity contribution in [2.24, 2.45) is 16.7 Å². The van der Waals surface area contributed by atoms with E-state index in [1.54, 1.807) is 0 Å². The highest BCUT2D eigenvalue weighted by atomic mass is 16.6.